The molecule has 1 amide bonds. The van der Waals surface area contributed by atoms with Gasteiger partial charge in [-0.25, -0.2) is 17.9 Å². The summed E-state index contributed by atoms with van der Waals surface area (Å²) in [5.74, 6) is 0. The molecule has 1 N–H and O–H groups in total. The van der Waals surface area contributed by atoms with Gasteiger partial charge in [0.15, 0.2) is 0 Å². The number of sulfonamides is 1. The van der Waals surface area contributed by atoms with Crippen molar-refractivity contribution in [2.24, 2.45) is 0 Å². The molecule has 0 heterocycles. The Morgan fingerprint density at radius 2 is 1.80 bits per heavy atom. The van der Waals surface area contributed by atoms with Gasteiger partial charge in [-0.2, -0.15) is 0 Å². The molecule has 0 fully saturated rings. The van der Waals surface area contributed by atoms with E-state index >= 15 is 0 Å². The van der Waals surface area contributed by atoms with E-state index in [9.17, 15) is 13.2 Å². The number of unbranched alkanes of at least 4 members (excludes halogenated alkanes) is 3. The third kappa shape index (κ3) is 5.61. The van der Waals surface area contributed by atoms with Crippen molar-refractivity contribution in [1.29, 1.82) is 0 Å². The molecule has 0 saturated heterocycles. The summed E-state index contributed by atoms with van der Waals surface area (Å²) in [4.78, 5) is 11.5. The minimum atomic E-state index is -3.85. The molecule has 0 aromatic heterocycles. The Balaban J connectivity index is 2.46. The number of hydrogen-bond acceptors (Lipinski definition) is 4. The van der Waals surface area contributed by atoms with Gasteiger partial charge in [0.1, 0.15) is 0 Å². The lowest BCUT2D eigenvalue weighted by molar-refractivity contribution is 0.150. The van der Waals surface area contributed by atoms with Crippen LogP contribution >= 0.6 is 0 Å². The maximum atomic E-state index is 11.9. The van der Waals surface area contributed by atoms with E-state index in [0.29, 0.717) is 0 Å². The van der Waals surface area contributed by atoms with Crippen LogP contribution in [-0.2, 0) is 14.8 Å². The molecular formula is C14H21NO4S. The molecule has 0 saturated carbocycles. The molecule has 1 rings (SSSR count). The van der Waals surface area contributed by atoms with Crippen LogP contribution < -0.4 is 4.72 Å². The SMILES string of the molecule is CCCCCCOC(=O)NS(=O)(=O)c1ccc(C)cc1. The lowest BCUT2D eigenvalue weighted by atomic mass is 10.2. The van der Waals surface area contributed by atoms with E-state index in [-0.39, 0.29) is 11.5 Å². The van der Waals surface area contributed by atoms with Crippen LogP contribution in [0.5, 0.6) is 0 Å². The molecule has 0 unspecified atom stereocenters. The van der Waals surface area contributed by atoms with Gasteiger partial charge in [-0.05, 0) is 25.5 Å². The van der Waals surface area contributed by atoms with Crippen molar-refractivity contribution >= 4 is 16.1 Å². The summed E-state index contributed by atoms with van der Waals surface area (Å²) in [5.41, 5.74) is 0.947. The molecule has 0 atom stereocenters. The summed E-state index contributed by atoms with van der Waals surface area (Å²) < 4.78 is 30.5. The number of benzene rings is 1. The van der Waals surface area contributed by atoms with Crippen LogP contribution in [0.25, 0.3) is 0 Å². The molecule has 20 heavy (non-hydrogen) atoms. The minimum absolute atomic E-state index is 0.0473. The summed E-state index contributed by atoms with van der Waals surface area (Å²) in [6.07, 6.45) is 2.95. The van der Waals surface area contributed by atoms with Gasteiger partial charge in [-0.1, -0.05) is 43.9 Å². The maximum absolute atomic E-state index is 11.9. The molecular weight excluding hydrogens is 278 g/mol. The van der Waals surface area contributed by atoms with Gasteiger partial charge in [0.25, 0.3) is 10.0 Å². The Bertz CT molecular complexity index is 523. The first-order valence-corrected chi connectivity index (χ1v) is 8.20. The molecule has 1 aromatic carbocycles. The Morgan fingerprint density at radius 3 is 2.40 bits per heavy atom. The second-order valence-electron chi connectivity index (χ2n) is 4.62. The highest BCUT2D eigenvalue weighted by Crippen LogP contribution is 2.10. The zero-order chi connectivity index (χ0) is 15.0. The zero-order valence-corrected chi connectivity index (χ0v) is 12.7. The number of nitrogens with one attached hydrogen (secondary N) is 1. The molecule has 112 valence electrons. The van der Waals surface area contributed by atoms with E-state index in [1.807, 2.05) is 11.6 Å². The second-order valence-corrected chi connectivity index (χ2v) is 6.30. The molecule has 5 nitrogen and oxygen atoms in total. The number of carbonyl (C=O) groups is 1. The standard InChI is InChI=1S/C14H21NO4S/c1-3-4-5-6-11-19-14(16)15-20(17,18)13-9-7-12(2)8-10-13/h7-10H,3-6,11H2,1-2H3,(H,15,16). The van der Waals surface area contributed by atoms with Crippen LogP contribution in [0.1, 0.15) is 38.2 Å². The average Bonchev–Trinajstić information content (AvgIpc) is 2.38. The van der Waals surface area contributed by atoms with Crippen LogP contribution in [0.4, 0.5) is 4.79 Å². The summed E-state index contributed by atoms with van der Waals surface area (Å²) in [5, 5.41) is 0. The topological polar surface area (TPSA) is 72.5 Å². The van der Waals surface area contributed by atoms with Crippen LogP contribution in [0, 0.1) is 6.92 Å². The molecule has 0 aliphatic rings. The van der Waals surface area contributed by atoms with E-state index in [2.05, 4.69) is 6.92 Å². The van der Waals surface area contributed by atoms with Crippen LogP contribution in [0.2, 0.25) is 0 Å². The van der Waals surface area contributed by atoms with Crippen molar-refractivity contribution in [3.05, 3.63) is 29.8 Å². The normalized spacial score (nSPS) is 11.1. The molecule has 0 aliphatic carbocycles. The van der Waals surface area contributed by atoms with E-state index in [1.165, 1.54) is 12.1 Å². The highest BCUT2D eigenvalue weighted by atomic mass is 32.2. The van der Waals surface area contributed by atoms with Gasteiger partial charge in [0.05, 0.1) is 11.5 Å². The quantitative estimate of drug-likeness (QED) is 0.786. The monoisotopic (exact) mass is 299 g/mol. The summed E-state index contributed by atoms with van der Waals surface area (Å²) >= 11 is 0. The van der Waals surface area contributed by atoms with Gasteiger partial charge >= 0.3 is 6.09 Å². The summed E-state index contributed by atoms with van der Waals surface area (Å²) in [6.45, 7) is 4.17. The first-order chi connectivity index (χ1) is 9.45. The molecule has 0 radical (unpaired) electrons. The Labute approximate surface area is 120 Å². The summed E-state index contributed by atoms with van der Waals surface area (Å²) in [6, 6.07) is 6.24. The number of carbonyl (C=O) groups excluding carboxylic acids is 1. The smallest absolute Gasteiger partial charge is 0.421 e. The fourth-order valence-corrected chi connectivity index (χ4v) is 2.50. The van der Waals surface area contributed by atoms with Crippen molar-refractivity contribution < 1.29 is 17.9 Å². The number of ether oxygens (including phenoxy) is 1. The van der Waals surface area contributed by atoms with Gasteiger partial charge in [0, 0.05) is 0 Å². The van der Waals surface area contributed by atoms with Crippen LogP contribution in [0.15, 0.2) is 29.2 Å². The number of amides is 1. The molecule has 0 spiro atoms. The molecule has 0 bridgehead atoms. The van der Waals surface area contributed by atoms with E-state index in [4.69, 9.17) is 4.74 Å². The lowest BCUT2D eigenvalue weighted by Crippen LogP contribution is -2.31. The van der Waals surface area contributed by atoms with Crippen molar-refractivity contribution in [2.45, 2.75) is 44.4 Å². The van der Waals surface area contributed by atoms with Gasteiger partial charge in [-0.15, -0.1) is 0 Å². The molecule has 1 aromatic rings. The zero-order valence-electron chi connectivity index (χ0n) is 11.9. The van der Waals surface area contributed by atoms with E-state index in [1.54, 1.807) is 12.1 Å². The summed E-state index contributed by atoms with van der Waals surface area (Å²) in [7, 11) is -3.85. The minimum Gasteiger partial charge on any atom is -0.449 e. The lowest BCUT2D eigenvalue weighted by Gasteiger charge is -2.08. The van der Waals surface area contributed by atoms with E-state index in [0.717, 1.165) is 31.2 Å². The van der Waals surface area contributed by atoms with Gasteiger partial charge in [-0.3, -0.25) is 0 Å². The average molecular weight is 299 g/mol. The largest absolute Gasteiger partial charge is 0.449 e. The second kappa shape index (κ2) is 7.89. The fourth-order valence-electron chi connectivity index (χ4n) is 1.61. The van der Waals surface area contributed by atoms with Crippen molar-refractivity contribution in [1.82, 2.24) is 4.72 Å². The third-order valence-electron chi connectivity index (χ3n) is 2.78. The number of rotatable bonds is 7. The van der Waals surface area contributed by atoms with Gasteiger partial charge in [0.2, 0.25) is 0 Å². The van der Waals surface area contributed by atoms with Crippen molar-refractivity contribution in [3.63, 3.8) is 0 Å². The predicted molar refractivity (Wildman–Crippen MR) is 77.0 cm³/mol. The Hall–Kier alpha value is -1.56. The number of hydrogen-bond donors (Lipinski definition) is 1. The highest BCUT2D eigenvalue weighted by molar-refractivity contribution is 7.90. The Kier molecular flexibility index (Phi) is 6.51. The highest BCUT2D eigenvalue weighted by Gasteiger charge is 2.17. The predicted octanol–water partition coefficient (Wildman–Crippen LogP) is 2.99. The first kappa shape index (κ1) is 16.5. The van der Waals surface area contributed by atoms with Gasteiger partial charge < -0.3 is 4.74 Å². The first-order valence-electron chi connectivity index (χ1n) is 6.72. The number of aryl methyl sites for hydroxylation is 1. The van der Waals surface area contributed by atoms with Crippen molar-refractivity contribution in [2.75, 3.05) is 6.61 Å². The maximum Gasteiger partial charge on any atom is 0.421 e. The van der Waals surface area contributed by atoms with Crippen LogP contribution in [0.3, 0.4) is 0 Å². The third-order valence-corrected chi connectivity index (χ3v) is 4.11. The Morgan fingerprint density at radius 1 is 1.15 bits per heavy atom. The molecule has 6 heteroatoms. The molecule has 0 aliphatic heterocycles. The van der Waals surface area contributed by atoms with E-state index < -0.39 is 16.1 Å². The fraction of sp³-hybridized carbons (Fsp3) is 0.500. The van der Waals surface area contributed by atoms with Crippen LogP contribution in [-0.4, -0.2) is 21.1 Å². The van der Waals surface area contributed by atoms with Crippen molar-refractivity contribution in [3.8, 4) is 0 Å².